The fourth-order valence-corrected chi connectivity index (χ4v) is 3.67. The molecule has 0 radical (unpaired) electrons. The number of carbonyl (C=O) groups is 1. The van der Waals surface area contributed by atoms with E-state index in [1.807, 2.05) is 41.8 Å². The molecular weight excluding hydrogens is 380 g/mol. The molecule has 7 heteroatoms. The summed E-state index contributed by atoms with van der Waals surface area (Å²) in [5.41, 5.74) is 2.36. The van der Waals surface area contributed by atoms with Crippen molar-refractivity contribution in [3.63, 3.8) is 0 Å². The second kappa shape index (κ2) is 7.64. The first-order valence-corrected chi connectivity index (χ1v) is 9.52. The Morgan fingerprint density at radius 2 is 2.11 bits per heavy atom. The Kier molecular flexibility index (Phi) is 5.05. The number of aromatic nitrogens is 1. The highest BCUT2D eigenvalue weighted by atomic mass is 35.5. The first-order chi connectivity index (χ1) is 13.6. The van der Waals surface area contributed by atoms with Gasteiger partial charge in [-0.1, -0.05) is 17.7 Å². The van der Waals surface area contributed by atoms with Gasteiger partial charge in [0.25, 0.3) is 5.91 Å². The highest BCUT2D eigenvalue weighted by Crippen LogP contribution is 2.36. The third kappa shape index (κ3) is 3.24. The minimum absolute atomic E-state index is 0.159. The zero-order valence-electron chi connectivity index (χ0n) is 15.8. The third-order valence-corrected chi connectivity index (χ3v) is 5.08. The predicted octanol–water partition coefficient (Wildman–Crippen LogP) is 4.02. The second-order valence-electron chi connectivity index (χ2n) is 6.44. The molecule has 1 aliphatic heterocycles. The van der Waals surface area contributed by atoms with Crippen molar-refractivity contribution >= 4 is 28.4 Å². The van der Waals surface area contributed by atoms with Crippen molar-refractivity contribution < 1.29 is 19.0 Å². The Bertz CT molecular complexity index is 1040. The lowest BCUT2D eigenvalue weighted by Crippen LogP contribution is -2.27. The minimum Gasteiger partial charge on any atom is -0.493 e. The van der Waals surface area contributed by atoms with E-state index in [0.717, 1.165) is 22.2 Å². The zero-order valence-corrected chi connectivity index (χ0v) is 16.5. The topological polar surface area (TPSA) is 61.7 Å². The van der Waals surface area contributed by atoms with Crippen LogP contribution >= 0.6 is 11.6 Å². The standard InChI is InChI=1S/C21H21ClN2O4/c1-3-27-17-6-4-13(10-19(17)26-2)12-23-21(25)16-11-14-15(22)5-7-18-20(14)24(16)8-9-28-18/h4-7,10-11H,3,8-9,12H2,1-2H3,(H,23,25). The van der Waals surface area contributed by atoms with Gasteiger partial charge < -0.3 is 24.1 Å². The van der Waals surface area contributed by atoms with Gasteiger partial charge in [0.2, 0.25) is 0 Å². The van der Waals surface area contributed by atoms with Crippen LogP contribution in [0.5, 0.6) is 17.2 Å². The monoisotopic (exact) mass is 400 g/mol. The average Bonchev–Trinajstić information content (AvgIpc) is 3.11. The van der Waals surface area contributed by atoms with E-state index in [1.165, 1.54) is 0 Å². The Hall–Kier alpha value is -2.86. The van der Waals surface area contributed by atoms with E-state index in [9.17, 15) is 4.79 Å². The maximum absolute atomic E-state index is 12.9. The highest BCUT2D eigenvalue weighted by Gasteiger charge is 2.22. The third-order valence-electron chi connectivity index (χ3n) is 4.75. The number of amides is 1. The summed E-state index contributed by atoms with van der Waals surface area (Å²) in [7, 11) is 1.60. The molecule has 1 aliphatic rings. The number of methoxy groups -OCH3 is 1. The van der Waals surface area contributed by atoms with Gasteiger partial charge in [0.15, 0.2) is 11.5 Å². The number of hydrogen-bond acceptors (Lipinski definition) is 4. The SMILES string of the molecule is CCOc1ccc(CNC(=O)c2cc3c(Cl)ccc4c3n2CCO4)cc1OC. The van der Waals surface area contributed by atoms with Gasteiger partial charge in [-0.05, 0) is 42.8 Å². The normalized spacial score (nSPS) is 12.5. The molecule has 0 saturated carbocycles. The van der Waals surface area contributed by atoms with Crippen LogP contribution in [0.15, 0.2) is 36.4 Å². The van der Waals surface area contributed by atoms with E-state index < -0.39 is 0 Å². The molecule has 1 aromatic heterocycles. The van der Waals surface area contributed by atoms with Crippen LogP contribution in [-0.2, 0) is 13.1 Å². The number of hydrogen-bond donors (Lipinski definition) is 1. The highest BCUT2D eigenvalue weighted by molar-refractivity contribution is 6.36. The van der Waals surface area contributed by atoms with Crippen LogP contribution in [0.1, 0.15) is 23.0 Å². The molecule has 0 fully saturated rings. The quantitative estimate of drug-likeness (QED) is 0.678. The van der Waals surface area contributed by atoms with Crippen LogP contribution in [0.2, 0.25) is 5.02 Å². The van der Waals surface area contributed by atoms with Gasteiger partial charge in [0.05, 0.1) is 30.8 Å². The fraction of sp³-hybridized carbons (Fsp3) is 0.286. The molecule has 1 amide bonds. The van der Waals surface area contributed by atoms with Crippen molar-refractivity contribution in [2.45, 2.75) is 20.0 Å². The van der Waals surface area contributed by atoms with Crippen molar-refractivity contribution in [2.75, 3.05) is 20.3 Å². The predicted molar refractivity (Wildman–Crippen MR) is 108 cm³/mol. The van der Waals surface area contributed by atoms with Gasteiger partial charge in [-0.2, -0.15) is 0 Å². The van der Waals surface area contributed by atoms with Gasteiger partial charge >= 0.3 is 0 Å². The number of nitrogens with zero attached hydrogens (tertiary/aromatic N) is 1. The Balaban J connectivity index is 1.57. The molecule has 0 aliphatic carbocycles. The summed E-state index contributed by atoms with van der Waals surface area (Å²) in [5.74, 6) is 1.92. The number of halogens is 1. The summed E-state index contributed by atoms with van der Waals surface area (Å²) >= 11 is 6.32. The van der Waals surface area contributed by atoms with Gasteiger partial charge in [-0.3, -0.25) is 4.79 Å². The van der Waals surface area contributed by atoms with Crippen LogP contribution in [-0.4, -0.2) is 30.8 Å². The smallest absolute Gasteiger partial charge is 0.268 e. The molecule has 4 rings (SSSR count). The lowest BCUT2D eigenvalue weighted by atomic mass is 10.2. The maximum atomic E-state index is 12.9. The molecule has 0 atom stereocenters. The summed E-state index contributed by atoms with van der Waals surface area (Å²) in [6.07, 6.45) is 0. The molecule has 2 heterocycles. The fourth-order valence-electron chi connectivity index (χ4n) is 3.47. The van der Waals surface area contributed by atoms with Crippen molar-refractivity contribution in [2.24, 2.45) is 0 Å². The van der Waals surface area contributed by atoms with Gasteiger partial charge in [0.1, 0.15) is 18.1 Å². The molecule has 0 bridgehead atoms. The lowest BCUT2D eigenvalue weighted by Gasteiger charge is -2.19. The molecule has 146 valence electrons. The molecule has 28 heavy (non-hydrogen) atoms. The van der Waals surface area contributed by atoms with Crippen LogP contribution in [0.4, 0.5) is 0 Å². The van der Waals surface area contributed by atoms with Crippen LogP contribution in [0.3, 0.4) is 0 Å². The minimum atomic E-state index is -0.159. The number of rotatable bonds is 6. The van der Waals surface area contributed by atoms with Gasteiger partial charge in [-0.15, -0.1) is 0 Å². The second-order valence-corrected chi connectivity index (χ2v) is 6.85. The van der Waals surface area contributed by atoms with E-state index in [-0.39, 0.29) is 5.91 Å². The number of benzene rings is 2. The van der Waals surface area contributed by atoms with Gasteiger partial charge in [0, 0.05) is 11.9 Å². The molecule has 0 unspecified atom stereocenters. The van der Waals surface area contributed by atoms with E-state index in [2.05, 4.69) is 5.32 Å². The van der Waals surface area contributed by atoms with Crippen LogP contribution < -0.4 is 19.5 Å². The summed E-state index contributed by atoms with van der Waals surface area (Å²) in [5, 5.41) is 4.41. The number of carbonyl (C=O) groups excluding carboxylic acids is 1. The van der Waals surface area contributed by atoms with Gasteiger partial charge in [-0.25, -0.2) is 0 Å². The Morgan fingerprint density at radius 1 is 1.25 bits per heavy atom. The molecule has 3 aromatic rings. The maximum Gasteiger partial charge on any atom is 0.268 e. The van der Waals surface area contributed by atoms with Crippen molar-refractivity contribution in [1.29, 1.82) is 0 Å². The summed E-state index contributed by atoms with van der Waals surface area (Å²) in [6, 6.07) is 11.1. The van der Waals surface area contributed by atoms with E-state index >= 15 is 0 Å². The van der Waals surface area contributed by atoms with E-state index in [0.29, 0.717) is 48.5 Å². The average molecular weight is 401 g/mol. The molecule has 0 spiro atoms. The molecule has 2 aromatic carbocycles. The molecule has 1 N–H and O–H groups in total. The first kappa shape index (κ1) is 18.5. The van der Waals surface area contributed by atoms with Crippen LogP contribution in [0.25, 0.3) is 10.9 Å². The van der Waals surface area contributed by atoms with Crippen molar-refractivity contribution in [1.82, 2.24) is 9.88 Å². The summed E-state index contributed by atoms with van der Waals surface area (Å²) in [6.45, 7) is 3.99. The molecule has 0 saturated heterocycles. The van der Waals surface area contributed by atoms with Crippen LogP contribution in [0, 0.1) is 0 Å². The lowest BCUT2D eigenvalue weighted by molar-refractivity contribution is 0.0940. The summed E-state index contributed by atoms with van der Waals surface area (Å²) in [4.78, 5) is 12.9. The zero-order chi connectivity index (χ0) is 19.7. The number of ether oxygens (including phenoxy) is 3. The first-order valence-electron chi connectivity index (χ1n) is 9.14. The molecular formula is C21H21ClN2O4. The van der Waals surface area contributed by atoms with Crippen molar-refractivity contribution in [3.05, 3.63) is 52.7 Å². The van der Waals surface area contributed by atoms with Crippen molar-refractivity contribution in [3.8, 4) is 17.2 Å². The van der Waals surface area contributed by atoms with E-state index in [4.69, 9.17) is 25.8 Å². The summed E-state index contributed by atoms with van der Waals surface area (Å²) < 4.78 is 18.6. The van der Waals surface area contributed by atoms with E-state index in [1.54, 1.807) is 13.2 Å². The largest absolute Gasteiger partial charge is 0.493 e. The number of nitrogens with one attached hydrogen (secondary N) is 1. The molecule has 6 nitrogen and oxygen atoms in total. The Labute approximate surface area is 167 Å². The Morgan fingerprint density at radius 3 is 2.89 bits per heavy atom.